The number of likely N-dealkylation sites (tertiary alicyclic amines) is 1. The number of anilines is 1. The number of hydrogen-bond acceptors (Lipinski definition) is 7. The zero-order valence-electron chi connectivity index (χ0n) is 13.2. The molecule has 2 aliphatic rings. The van der Waals surface area contributed by atoms with Crippen molar-refractivity contribution in [1.82, 2.24) is 20.1 Å². The summed E-state index contributed by atoms with van der Waals surface area (Å²) in [5.74, 6) is 0.00362. The van der Waals surface area contributed by atoms with Crippen molar-refractivity contribution >= 4 is 22.4 Å². The fraction of sp³-hybridized carbons (Fsp3) is 0.500. The summed E-state index contributed by atoms with van der Waals surface area (Å²) in [5, 5.41) is 13.8. The maximum atomic E-state index is 12.7. The van der Waals surface area contributed by atoms with Crippen molar-refractivity contribution in [1.29, 1.82) is 0 Å². The molecule has 2 unspecified atom stereocenters. The number of ether oxygens (including phenoxy) is 1. The molecule has 1 spiro atoms. The van der Waals surface area contributed by atoms with Crippen molar-refractivity contribution in [2.45, 2.75) is 30.9 Å². The molecule has 4 rings (SSSR count). The predicted octanol–water partition coefficient (Wildman–Crippen LogP) is 1.81. The number of aromatic nitrogens is 3. The molecule has 1 amide bonds. The molecule has 0 aromatic carbocycles. The highest BCUT2D eigenvalue weighted by Gasteiger charge is 2.44. The summed E-state index contributed by atoms with van der Waals surface area (Å²) >= 11 is 1.59. The van der Waals surface area contributed by atoms with Gasteiger partial charge in [0, 0.05) is 24.5 Å². The van der Waals surface area contributed by atoms with Crippen molar-refractivity contribution in [2.24, 2.45) is 0 Å². The Morgan fingerprint density at radius 1 is 1.42 bits per heavy atom. The molecule has 2 fully saturated rings. The summed E-state index contributed by atoms with van der Waals surface area (Å²) in [7, 11) is 0. The zero-order chi connectivity index (χ0) is 16.4. The van der Waals surface area contributed by atoms with Crippen LogP contribution in [0.25, 0.3) is 0 Å². The van der Waals surface area contributed by atoms with Gasteiger partial charge in [0.2, 0.25) is 0 Å². The minimum atomic E-state index is -0.247. The van der Waals surface area contributed by atoms with Gasteiger partial charge >= 0.3 is 0 Å². The third kappa shape index (κ3) is 3.11. The number of amides is 1. The lowest BCUT2D eigenvalue weighted by atomic mass is 9.88. The largest absolute Gasteiger partial charge is 0.371 e. The lowest BCUT2D eigenvalue weighted by molar-refractivity contribution is -0.0447. The quantitative estimate of drug-likeness (QED) is 0.914. The number of nitrogens with one attached hydrogen (secondary N) is 1. The molecule has 126 valence electrons. The van der Waals surface area contributed by atoms with Gasteiger partial charge in [-0.15, -0.1) is 11.3 Å². The van der Waals surface area contributed by atoms with Crippen LogP contribution in [0.1, 0.15) is 29.6 Å². The fourth-order valence-corrected chi connectivity index (χ4v) is 4.17. The maximum Gasteiger partial charge on any atom is 0.255 e. The molecule has 0 radical (unpaired) electrons. The average Bonchev–Trinajstić information content (AvgIpc) is 3.26. The summed E-state index contributed by atoms with van der Waals surface area (Å²) in [6.07, 6.45) is 7.70. The van der Waals surface area contributed by atoms with Gasteiger partial charge in [0.1, 0.15) is 0 Å². The fourth-order valence-electron chi connectivity index (χ4n) is 3.56. The van der Waals surface area contributed by atoms with Gasteiger partial charge in [0.25, 0.3) is 5.91 Å². The molecule has 0 bridgehead atoms. The van der Waals surface area contributed by atoms with E-state index in [2.05, 4.69) is 20.5 Å². The van der Waals surface area contributed by atoms with Crippen LogP contribution in [0.15, 0.2) is 30.0 Å². The number of carbonyl (C=O) groups is 1. The second-order valence-electron chi connectivity index (χ2n) is 6.34. The molecule has 2 atom stereocenters. The van der Waals surface area contributed by atoms with Crippen molar-refractivity contribution in [3.63, 3.8) is 0 Å². The Morgan fingerprint density at radius 3 is 3.17 bits per heavy atom. The van der Waals surface area contributed by atoms with Gasteiger partial charge in [-0.25, -0.2) is 4.98 Å². The Kier molecular flexibility index (Phi) is 4.15. The zero-order valence-corrected chi connectivity index (χ0v) is 14.0. The maximum absolute atomic E-state index is 12.7. The third-order valence-corrected chi connectivity index (χ3v) is 5.33. The van der Waals surface area contributed by atoms with Gasteiger partial charge in [-0.2, -0.15) is 10.2 Å². The first-order chi connectivity index (χ1) is 11.7. The normalized spacial score (nSPS) is 26.7. The molecule has 0 saturated carbocycles. The number of carbonyl (C=O) groups excluding carboxylic acids is 1. The van der Waals surface area contributed by atoms with Gasteiger partial charge in [0.05, 0.1) is 42.8 Å². The van der Waals surface area contributed by atoms with E-state index in [-0.39, 0.29) is 17.6 Å². The molecule has 2 aromatic heterocycles. The van der Waals surface area contributed by atoms with Crippen LogP contribution in [0.2, 0.25) is 0 Å². The number of piperidine rings is 1. The lowest BCUT2D eigenvalue weighted by Gasteiger charge is -2.39. The van der Waals surface area contributed by atoms with E-state index in [1.54, 1.807) is 29.8 Å². The van der Waals surface area contributed by atoms with Crippen molar-refractivity contribution in [3.05, 3.63) is 35.6 Å². The van der Waals surface area contributed by atoms with Crippen LogP contribution < -0.4 is 5.32 Å². The van der Waals surface area contributed by atoms with Crippen LogP contribution >= 0.6 is 11.3 Å². The third-order valence-electron chi connectivity index (χ3n) is 4.63. The Labute approximate surface area is 144 Å². The number of rotatable bonds is 3. The Morgan fingerprint density at radius 2 is 2.38 bits per heavy atom. The highest BCUT2D eigenvalue weighted by atomic mass is 32.1. The van der Waals surface area contributed by atoms with E-state index in [1.807, 2.05) is 10.3 Å². The highest BCUT2D eigenvalue weighted by molar-refractivity contribution is 7.13. The van der Waals surface area contributed by atoms with Gasteiger partial charge in [0.15, 0.2) is 5.13 Å². The molecule has 24 heavy (non-hydrogen) atoms. The molecule has 4 heterocycles. The number of thiazole rings is 1. The van der Waals surface area contributed by atoms with Crippen molar-refractivity contribution in [2.75, 3.05) is 25.0 Å². The molecular weight excluding hydrogens is 326 g/mol. The monoisotopic (exact) mass is 345 g/mol. The Bertz CT molecular complexity index is 696. The Hall–Kier alpha value is -2.06. The van der Waals surface area contributed by atoms with Gasteiger partial charge < -0.3 is 15.0 Å². The van der Waals surface area contributed by atoms with Crippen molar-refractivity contribution < 1.29 is 9.53 Å². The van der Waals surface area contributed by atoms with Gasteiger partial charge in [-0.05, 0) is 18.9 Å². The van der Waals surface area contributed by atoms with E-state index in [1.165, 1.54) is 6.20 Å². The van der Waals surface area contributed by atoms with Crippen LogP contribution in [0.3, 0.4) is 0 Å². The predicted molar refractivity (Wildman–Crippen MR) is 90.0 cm³/mol. The topological polar surface area (TPSA) is 80.2 Å². The minimum absolute atomic E-state index is 0.00362. The first kappa shape index (κ1) is 15.5. The van der Waals surface area contributed by atoms with Gasteiger partial charge in [-0.3, -0.25) is 4.79 Å². The molecule has 2 aliphatic heterocycles. The highest BCUT2D eigenvalue weighted by Crippen LogP contribution is 2.36. The van der Waals surface area contributed by atoms with E-state index in [9.17, 15) is 4.79 Å². The van der Waals surface area contributed by atoms with Crippen LogP contribution in [-0.4, -0.2) is 57.3 Å². The van der Waals surface area contributed by atoms with E-state index in [0.717, 1.165) is 30.9 Å². The molecular formula is C16H19N5O2S. The molecule has 2 aromatic rings. The standard InChI is InChI=1S/C16H19N5O2S/c22-14(12-2-4-18-19-9-12)21-6-1-3-16(11-21)8-13(10-23-16)20-15-17-5-7-24-15/h2,4-5,7,9,13H,1,3,6,8,10-11H2,(H,17,20). The van der Waals surface area contributed by atoms with E-state index >= 15 is 0 Å². The minimum Gasteiger partial charge on any atom is -0.371 e. The second kappa shape index (κ2) is 6.45. The molecule has 8 heteroatoms. The molecule has 7 nitrogen and oxygen atoms in total. The summed E-state index contributed by atoms with van der Waals surface area (Å²) in [4.78, 5) is 18.8. The Balaban J connectivity index is 1.42. The van der Waals surface area contributed by atoms with E-state index in [4.69, 9.17) is 4.74 Å². The van der Waals surface area contributed by atoms with Gasteiger partial charge in [-0.1, -0.05) is 0 Å². The summed E-state index contributed by atoms with van der Waals surface area (Å²) in [6.45, 7) is 2.04. The summed E-state index contributed by atoms with van der Waals surface area (Å²) in [5.41, 5.74) is 0.334. The summed E-state index contributed by atoms with van der Waals surface area (Å²) < 4.78 is 6.15. The lowest BCUT2D eigenvalue weighted by Crippen LogP contribution is -2.50. The molecule has 0 aliphatic carbocycles. The summed E-state index contributed by atoms with van der Waals surface area (Å²) in [6, 6.07) is 1.95. The second-order valence-corrected chi connectivity index (χ2v) is 7.23. The number of hydrogen-bond donors (Lipinski definition) is 1. The van der Waals surface area contributed by atoms with E-state index in [0.29, 0.717) is 18.7 Å². The van der Waals surface area contributed by atoms with Crippen LogP contribution in [0.4, 0.5) is 5.13 Å². The van der Waals surface area contributed by atoms with Crippen molar-refractivity contribution in [3.8, 4) is 0 Å². The van der Waals surface area contributed by atoms with Crippen LogP contribution in [0, 0.1) is 0 Å². The number of nitrogens with zero attached hydrogens (tertiary/aromatic N) is 4. The van der Waals surface area contributed by atoms with E-state index < -0.39 is 0 Å². The first-order valence-electron chi connectivity index (χ1n) is 8.10. The smallest absolute Gasteiger partial charge is 0.255 e. The molecule has 2 saturated heterocycles. The SMILES string of the molecule is O=C(c1ccnnc1)N1CCCC2(CC(Nc3nccs3)CO2)C1. The van der Waals surface area contributed by atoms with Crippen LogP contribution in [-0.2, 0) is 4.74 Å². The first-order valence-corrected chi connectivity index (χ1v) is 8.98. The average molecular weight is 345 g/mol. The van der Waals surface area contributed by atoms with Crippen LogP contribution in [0.5, 0.6) is 0 Å². The molecule has 1 N–H and O–H groups in total.